The van der Waals surface area contributed by atoms with Crippen molar-refractivity contribution in [3.05, 3.63) is 0 Å². The molecule has 0 aromatic rings. The van der Waals surface area contributed by atoms with E-state index in [0.29, 0.717) is 0 Å². The summed E-state index contributed by atoms with van der Waals surface area (Å²) in [5.41, 5.74) is 0. The summed E-state index contributed by atoms with van der Waals surface area (Å²) in [6.07, 6.45) is 4.12. The first-order chi connectivity index (χ1) is 6.88. The molecule has 0 fully saturated rings. The van der Waals surface area contributed by atoms with Crippen molar-refractivity contribution in [3.63, 3.8) is 0 Å². The Kier molecular flexibility index (Phi) is 7.30. The SMILES string of the molecule is CCC(C)C(C)C(C)CC(C)CC(C)C. The van der Waals surface area contributed by atoms with Crippen LogP contribution in [0.3, 0.4) is 0 Å². The van der Waals surface area contributed by atoms with Crippen LogP contribution in [0.2, 0.25) is 0 Å². The second-order valence-electron chi connectivity index (χ2n) is 6.19. The minimum absolute atomic E-state index is 0.853. The molecule has 0 N–H and O–H groups in total. The van der Waals surface area contributed by atoms with Gasteiger partial charge in [-0.3, -0.25) is 0 Å². The first-order valence-electron chi connectivity index (χ1n) is 6.88. The largest absolute Gasteiger partial charge is 0.0651 e. The Bertz CT molecular complexity index is 148. The van der Waals surface area contributed by atoms with Crippen molar-refractivity contribution in [1.29, 1.82) is 0 Å². The Balaban J connectivity index is 3.95. The van der Waals surface area contributed by atoms with Gasteiger partial charge in [-0.1, -0.05) is 54.9 Å². The van der Waals surface area contributed by atoms with Crippen LogP contribution in [0.1, 0.15) is 67.7 Å². The smallest absolute Gasteiger partial charge is 0.0391 e. The van der Waals surface area contributed by atoms with E-state index in [2.05, 4.69) is 48.5 Å². The summed E-state index contributed by atoms with van der Waals surface area (Å²) in [5.74, 6) is 4.39. The lowest BCUT2D eigenvalue weighted by Crippen LogP contribution is -2.18. The molecule has 0 amide bonds. The molecule has 0 saturated carbocycles. The molecule has 0 aromatic carbocycles. The first-order valence-corrected chi connectivity index (χ1v) is 6.88. The van der Waals surface area contributed by atoms with Gasteiger partial charge < -0.3 is 0 Å². The molecule has 0 aliphatic carbocycles. The zero-order valence-electron chi connectivity index (χ0n) is 12.0. The van der Waals surface area contributed by atoms with E-state index in [4.69, 9.17) is 0 Å². The van der Waals surface area contributed by atoms with Crippen molar-refractivity contribution >= 4 is 0 Å². The first kappa shape index (κ1) is 15.0. The molecule has 4 unspecified atom stereocenters. The fourth-order valence-electron chi connectivity index (χ4n) is 2.68. The highest BCUT2D eigenvalue weighted by Crippen LogP contribution is 2.29. The minimum Gasteiger partial charge on any atom is -0.0651 e. The third-order valence-corrected chi connectivity index (χ3v) is 4.09. The van der Waals surface area contributed by atoms with Crippen molar-refractivity contribution in [2.24, 2.45) is 29.6 Å². The van der Waals surface area contributed by atoms with Gasteiger partial charge in [0.2, 0.25) is 0 Å². The second-order valence-corrected chi connectivity index (χ2v) is 6.19. The number of hydrogen-bond acceptors (Lipinski definition) is 0. The average Bonchev–Trinajstić information content (AvgIpc) is 2.13. The van der Waals surface area contributed by atoms with E-state index in [9.17, 15) is 0 Å². The summed E-state index contributed by atoms with van der Waals surface area (Å²) in [6, 6.07) is 0. The summed E-state index contributed by atoms with van der Waals surface area (Å²) >= 11 is 0. The molecule has 0 aliphatic heterocycles. The topological polar surface area (TPSA) is 0 Å². The van der Waals surface area contributed by atoms with E-state index in [1.165, 1.54) is 19.3 Å². The van der Waals surface area contributed by atoms with Gasteiger partial charge in [-0.25, -0.2) is 0 Å². The highest BCUT2D eigenvalue weighted by atomic mass is 14.3. The Labute approximate surface area is 97.8 Å². The van der Waals surface area contributed by atoms with Gasteiger partial charge in [0.25, 0.3) is 0 Å². The zero-order valence-corrected chi connectivity index (χ0v) is 12.0. The second kappa shape index (κ2) is 7.30. The highest BCUT2D eigenvalue weighted by molar-refractivity contribution is 4.70. The quantitative estimate of drug-likeness (QED) is 0.531. The van der Waals surface area contributed by atoms with Gasteiger partial charge in [0, 0.05) is 0 Å². The molecule has 0 bridgehead atoms. The lowest BCUT2D eigenvalue weighted by Gasteiger charge is -2.28. The van der Waals surface area contributed by atoms with Gasteiger partial charge in [-0.2, -0.15) is 0 Å². The third-order valence-electron chi connectivity index (χ3n) is 4.09. The van der Waals surface area contributed by atoms with E-state index >= 15 is 0 Å². The summed E-state index contributed by atoms with van der Waals surface area (Å²) in [5, 5.41) is 0. The Hall–Kier alpha value is 0. The Morgan fingerprint density at radius 1 is 0.733 bits per heavy atom. The summed E-state index contributed by atoms with van der Waals surface area (Å²) in [7, 11) is 0. The van der Waals surface area contributed by atoms with Crippen LogP contribution >= 0.6 is 0 Å². The maximum Gasteiger partial charge on any atom is -0.0391 e. The van der Waals surface area contributed by atoms with Crippen LogP contribution in [0.15, 0.2) is 0 Å². The van der Waals surface area contributed by atoms with Gasteiger partial charge in [0.05, 0.1) is 0 Å². The maximum atomic E-state index is 2.44. The molecule has 92 valence electrons. The Morgan fingerprint density at radius 3 is 1.67 bits per heavy atom. The maximum absolute atomic E-state index is 2.44. The molecule has 0 heteroatoms. The van der Waals surface area contributed by atoms with Gasteiger partial charge in [-0.15, -0.1) is 0 Å². The van der Waals surface area contributed by atoms with Gasteiger partial charge in [-0.05, 0) is 42.4 Å². The molecular formula is C15H32. The predicted octanol–water partition coefficient (Wildman–Crippen LogP) is 5.38. The molecule has 0 aromatic heterocycles. The molecule has 15 heavy (non-hydrogen) atoms. The standard InChI is InChI=1S/C15H32/c1-8-13(5)15(7)14(6)10-12(4)9-11(2)3/h11-15H,8-10H2,1-7H3. The average molecular weight is 212 g/mol. The number of rotatable bonds is 7. The monoisotopic (exact) mass is 212 g/mol. The van der Waals surface area contributed by atoms with Crippen LogP contribution in [-0.4, -0.2) is 0 Å². The predicted molar refractivity (Wildman–Crippen MR) is 71.0 cm³/mol. The van der Waals surface area contributed by atoms with Crippen LogP contribution in [0.4, 0.5) is 0 Å². The molecule has 0 aliphatic rings. The third kappa shape index (κ3) is 6.22. The fraction of sp³-hybridized carbons (Fsp3) is 1.00. The van der Waals surface area contributed by atoms with E-state index in [-0.39, 0.29) is 0 Å². The zero-order chi connectivity index (χ0) is 12.0. The molecule has 0 saturated heterocycles. The van der Waals surface area contributed by atoms with Crippen LogP contribution in [0.5, 0.6) is 0 Å². The summed E-state index contributed by atoms with van der Waals surface area (Å²) < 4.78 is 0. The Morgan fingerprint density at radius 2 is 1.27 bits per heavy atom. The van der Waals surface area contributed by atoms with Gasteiger partial charge >= 0.3 is 0 Å². The molecule has 0 radical (unpaired) electrons. The minimum atomic E-state index is 0.853. The molecule has 0 heterocycles. The molecule has 4 atom stereocenters. The molecule has 0 rings (SSSR count). The van der Waals surface area contributed by atoms with Gasteiger partial charge in [0.15, 0.2) is 0 Å². The van der Waals surface area contributed by atoms with Crippen molar-refractivity contribution in [1.82, 2.24) is 0 Å². The van der Waals surface area contributed by atoms with E-state index < -0.39 is 0 Å². The van der Waals surface area contributed by atoms with Crippen molar-refractivity contribution in [3.8, 4) is 0 Å². The van der Waals surface area contributed by atoms with Crippen molar-refractivity contribution in [2.75, 3.05) is 0 Å². The summed E-state index contributed by atoms with van der Waals surface area (Å²) in [4.78, 5) is 0. The van der Waals surface area contributed by atoms with E-state index in [1.807, 2.05) is 0 Å². The van der Waals surface area contributed by atoms with Crippen LogP contribution in [0, 0.1) is 29.6 Å². The lowest BCUT2D eigenvalue weighted by molar-refractivity contribution is 0.225. The van der Waals surface area contributed by atoms with Gasteiger partial charge in [0.1, 0.15) is 0 Å². The molecule has 0 nitrogen and oxygen atoms in total. The number of hydrogen-bond donors (Lipinski definition) is 0. The summed E-state index contributed by atoms with van der Waals surface area (Å²) in [6.45, 7) is 16.7. The lowest BCUT2D eigenvalue weighted by atomic mass is 9.78. The fourth-order valence-corrected chi connectivity index (χ4v) is 2.68. The molecule has 0 spiro atoms. The van der Waals surface area contributed by atoms with Crippen molar-refractivity contribution < 1.29 is 0 Å². The molecular weight excluding hydrogens is 180 g/mol. The van der Waals surface area contributed by atoms with Crippen LogP contribution in [-0.2, 0) is 0 Å². The normalized spacial score (nSPS) is 20.0. The van der Waals surface area contributed by atoms with E-state index in [0.717, 1.165) is 29.6 Å². The van der Waals surface area contributed by atoms with E-state index in [1.54, 1.807) is 0 Å². The van der Waals surface area contributed by atoms with Crippen LogP contribution in [0.25, 0.3) is 0 Å². The van der Waals surface area contributed by atoms with Crippen molar-refractivity contribution in [2.45, 2.75) is 67.7 Å². The highest BCUT2D eigenvalue weighted by Gasteiger charge is 2.19. The van der Waals surface area contributed by atoms with Crippen LogP contribution < -0.4 is 0 Å².